The Morgan fingerprint density at radius 2 is 2.00 bits per heavy atom. The molecule has 0 atom stereocenters. The topological polar surface area (TPSA) is 98.3 Å². The standard InChI is InChI=1S/C12H15N3O4/c1-2-3-4-7-13-9-10-5-6-11(14(16)17)8-12(10)15(18)19/h2-3,5-6,8,13H,4,7,9H2,1H3/b3-2+. The lowest BCUT2D eigenvalue weighted by molar-refractivity contribution is -0.394. The second kappa shape index (κ2) is 7.22. The summed E-state index contributed by atoms with van der Waals surface area (Å²) in [5, 5.41) is 24.5. The molecule has 1 N–H and O–H groups in total. The zero-order valence-corrected chi connectivity index (χ0v) is 10.5. The summed E-state index contributed by atoms with van der Waals surface area (Å²) in [6, 6.07) is 3.68. The lowest BCUT2D eigenvalue weighted by Crippen LogP contribution is -2.15. The molecule has 0 saturated carbocycles. The van der Waals surface area contributed by atoms with Gasteiger partial charge in [0.05, 0.1) is 15.9 Å². The van der Waals surface area contributed by atoms with Gasteiger partial charge in [-0.3, -0.25) is 20.2 Å². The van der Waals surface area contributed by atoms with Crippen LogP contribution < -0.4 is 5.32 Å². The first-order chi connectivity index (χ1) is 9.06. The highest BCUT2D eigenvalue weighted by molar-refractivity contribution is 5.49. The predicted molar refractivity (Wildman–Crippen MR) is 70.9 cm³/mol. The fourth-order valence-electron chi connectivity index (χ4n) is 1.56. The summed E-state index contributed by atoms with van der Waals surface area (Å²) in [5.41, 5.74) is -0.0619. The summed E-state index contributed by atoms with van der Waals surface area (Å²) >= 11 is 0. The fourth-order valence-corrected chi connectivity index (χ4v) is 1.56. The minimum absolute atomic E-state index is 0.229. The molecule has 0 aliphatic heterocycles. The van der Waals surface area contributed by atoms with Crippen molar-refractivity contribution < 1.29 is 9.85 Å². The first kappa shape index (κ1) is 14.8. The molecule has 0 unspecified atom stereocenters. The van der Waals surface area contributed by atoms with Crippen LogP contribution in [0.15, 0.2) is 30.4 Å². The van der Waals surface area contributed by atoms with Gasteiger partial charge in [-0.05, 0) is 26.0 Å². The fraction of sp³-hybridized carbons (Fsp3) is 0.333. The molecule has 0 aliphatic carbocycles. The predicted octanol–water partition coefficient (Wildman–Crippen LogP) is 2.56. The highest BCUT2D eigenvalue weighted by atomic mass is 16.6. The van der Waals surface area contributed by atoms with Crippen LogP contribution in [0.4, 0.5) is 11.4 Å². The Balaban J connectivity index is 2.77. The van der Waals surface area contributed by atoms with Crippen molar-refractivity contribution in [2.75, 3.05) is 6.54 Å². The number of hydrogen-bond acceptors (Lipinski definition) is 5. The first-order valence-electron chi connectivity index (χ1n) is 5.80. The Morgan fingerprint density at radius 1 is 1.26 bits per heavy atom. The van der Waals surface area contributed by atoms with Crippen molar-refractivity contribution in [2.24, 2.45) is 0 Å². The van der Waals surface area contributed by atoms with Crippen LogP contribution in [0.3, 0.4) is 0 Å². The van der Waals surface area contributed by atoms with E-state index in [-0.39, 0.29) is 11.4 Å². The molecule has 19 heavy (non-hydrogen) atoms. The molecule has 0 fully saturated rings. The van der Waals surface area contributed by atoms with Crippen molar-refractivity contribution >= 4 is 11.4 Å². The molecule has 0 bridgehead atoms. The number of nitrogens with one attached hydrogen (secondary N) is 1. The van der Waals surface area contributed by atoms with Crippen LogP contribution in [-0.2, 0) is 6.54 Å². The first-order valence-corrected chi connectivity index (χ1v) is 5.80. The van der Waals surface area contributed by atoms with Crippen molar-refractivity contribution in [2.45, 2.75) is 19.9 Å². The summed E-state index contributed by atoms with van der Waals surface area (Å²) in [5.74, 6) is 0. The number of hydrogen-bond donors (Lipinski definition) is 1. The monoisotopic (exact) mass is 265 g/mol. The summed E-state index contributed by atoms with van der Waals surface area (Å²) < 4.78 is 0. The molecule has 0 saturated heterocycles. The molecule has 0 amide bonds. The lowest BCUT2D eigenvalue weighted by atomic mass is 10.1. The highest BCUT2D eigenvalue weighted by Crippen LogP contribution is 2.24. The zero-order chi connectivity index (χ0) is 14.3. The van der Waals surface area contributed by atoms with Crippen LogP contribution >= 0.6 is 0 Å². The minimum Gasteiger partial charge on any atom is -0.312 e. The summed E-state index contributed by atoms with van der Waals surface area (Å²) in [6.45, 7) is 2.92. The maximum absolute atomic E-state index is 10.9. The van der Waals surface area contributed by atoms with Gasteiger partial charge in [0.1, 0.15) is 0 Å². The summed E-state index contributed by atoms with van der Waals surface area (Å²) in [6.07, 6.45) is 4.74. The van der Waals surface area contributed by atoms with Gasteiger partial charge in [0.2, 0.25) is 0 Å². The summed E-state index contributed by atoms with van der Waals surface area (Å²) in [4.78, 5) is 20.2. The molecule has 0 aliphatic rings. The number of nitrogens with zero attached hydrogens (tertiary/aromatic N) is 2. The van der Waals surface area contributed by atoms with Crippen molar-refractivity contribution in [3.63, 3.8) is 0 Å². The van der Waals surface area contributed by atoms with E-state index >= 15 is 0 Å². The SMILES string of the molecule is C/C=C/CCNCc1ccc([N+](=O)[O-])cc1[N+](=O)[O-]. The van der Waals surface area contributed by atoms with E-state index in [0.29, 0.717) is 18.7 Å². The van der Waals surface area contributed by atoms with E-state index < -0.39 is 9.85 Å². The van der Waals surface area contributed by atoms with Crippen LogP contribution in [0.5, 0.6) is 0 Å². The smallest absolute Gasteiger partial charge is 0.280 e. The molecule has 1 aromatic carbocycles. The van der Waals surface area contributed by atoms with Gasteiger partial charge in [-0.1, -0.05) is 12.2 Å². The Labute approximate surface area is 110 Å². The molecule has 0 aromatic heterocycles. The lowest BCUT2D eigenvalue weighted by Gasteiger charge is -2.04. The average molecular weight is 265 g/mol. The third-order valence-corrected chi connectivity index (χ3v) is 2.52. The minimum atomic E-state index is -0.643. The van der Waals surface area contributed by atoms with Gasteiger partial charge in [-0.2, -0.15) is 0 Å². The van der Waals surface area contributed by atoms with Crippen molar-refractivity contribution in [1.29, 1.82) is 0 Å². The van der Waals surface area contributed by atoms with E-state index in [1.54, 1.807) is 0 Å². The van der Waals surface area contributed by atoms with Crippen molar-refractivity contribution in [3.05, 3.63) is 56.1 Å². The van der Waals surface area contributed by atoms with Crippen LogP contribution in [0.2, 0.25) is 0 Å². The van der Waals surface area contributed by atoms with E-state index in [1.807, 2.05) is 19.1 Å². The average Bonchev–Trinajstić information content (AvgIpc) is 2.38. The van der Waals surface area contributed by atoms with Gasteiger partial charge in [0.15, 0.2) is 0 Å². The third-order valence-electron chi connectivity index (χ3n) is 2.52. The number of rotatable bonds is 7. The van der Waals surface area contributed by atoms with Gasteiger partial charge in [0.25, 0.3) is 11.4 Å². The van der Waals surface area contributed by atoms with Crippen LogP contribution in [0.25, 0.3) is 0 Å². The van der Waals surface area contributed by atoms with E-state index in [1.165, 1.54) is 12.1 Å². The molecule has 7 heteroatoms. The van der Waals surface area contributed by atoms with Gasteiger partial charge in [-0.15, -0.1) is 0 Å². The number of benzene rings is 1. The quantitative estimate of drug-likeness (QED) is 0.353. The van der Waals surface area contributed by atoms with Crippen LogP contribution in [0, 0.1) is 20.2 Å². The number of nitro groups is 2. The van der Waals surface area contributed by atoms with Gasteiger partial charge in [-0.25, -0.2) is 0 Å². The van der Waals surface area contributed by atoms with Crippen molar-refractivity contribution in [1.82, 2.24) is 5.32 Å². The van der Waals surface area contributed by atoms with Crippen LogP contribution in [-0.4, -0.2) is 16.4 Å². The van der Waals surface area contributed by atoms with E-state index in [9.17, 15) is 20.2 Å². The molecule has 0 heterocycles. The normalized spacial score (nSPS) is 10.8. The Bertz CT molecular complexity index is 500. The van der Waals surface area contributed by atoms with Gasteiger partial charge in [0, 0.05) is 18.2 Å². The molecular formula is C12H15N3O4. The second-order valence-corrected chi connectivity index (χ2v) is 3.86. The molecule has 1 aromatic rings. The number of allylic oxidation sites excluding steroid dienone is 1. The van der Waals surface area contributed by atoms with Crippen LogP contribution in [0.1, 0.15) is 18.9 Å². The molecular weight excluding hydrogens is 250 g/mol. The van der Waals surface area contributed by atoms with Crippen molar-refractivity contribution in [3.8, 4) is 0 Å². The maximum atomic E-state index is 10.9. The molecule has 1 rings (SSSR count). The maximum Gasteiger partial charge on any atom is 0.280 e. The molecule has 102 valence electrons. The Kier molecular flexibility index (Phi) is 5.62. The number of non-ortho nitro benzene ring substituents is 1. The van der Waals surface area contributed by atoms with E-state index in [0.717, 1.165) is 12.5 Å². The Morgan fingerprint density at radius 3 is 2.58 bits per heavy atom. The summed E-state index contributed by atoms with van der Waals surface area (Å²) in [7, 11) is 0. The molecule has 0 spiro atoms. The highest BCUT2D eigenvalue weighted by Gasteiger charge is 2.18. The van der Waals surface area contributed by atoms with E-state index in [4.69, 9.17) is 0 Å². The second-order valence-electron chi connectivity index (χ2n) is 3.86. The van der Waals surface area contributed by atoms with E-state index in [2.05, 4.69) is 5.32 Å². The molecule has 0 radical (unpaired) electrons. The largest absolute Gasteiger partial charge is 0.312 e. The third kappa shape index (κ3) is 4.47. The molecule has 7 nitrogen and oxygen atoms in total. The Hall–Kier alpha value is -2.28. The number of nitro benzene ring substituents is 2. The van der Waals surface area contributed by atoms with Gasteiger partial charge >= 0.3 is 0 Å². The van der Waals surface area contributed by atoms with Gasteiger partial charge < -0.3 is 5.32 Å². The zero-order valence-electron chi connectivity index (χ0n) is 10.5.